The lowest BCUT2D eigenvalue weighted by Gasteiger charge is -2.17. The molecular weight excluding hydrogens is 480 g/mol. The molecule has 0 fully saturated rings. The maximum atomic E-state index is 6.57. The highest BCUT2D eigenvalue weighted by Gasteiger charge is 2.14. The SMILES string of the molecule is c1ccc2c(Oc3ccc(Oc4cccc5ccccc45)c(Oc4cccc5ccccc45)c3)cccc2c1. The number of hydrogen-bond donors (Lipinski definition) is 0. The smallest absolute Gasteiger partial charge is 0.173 e. The topological polar surface area (TPSA) is 27.7 Å². The molecule has 0 bridgehead atoms. The molecule has 0 amide bonds. The highest BCUT2D eigenvalue weighted by molar-refractivity contribution is 5.90. The molecule has 0 heterocycles. The number of rotatable bonds is 6. The van der Waals surface area contributed by atoms with Crippen LogP contribution in [0.15, 0.2) is 146 Å². The van der Waals surface area contributed by atoms with Crippen LogP contribution < -0.4 is 14.2 Å². The van der Waals surface area contributed by atoms with Gasteiger partial charge in [-0.15, -0.1) is 0 Å². The lowest BCUT2D eigenvalue weighted by Crippen LogP contribution is -1.94. The third-order valence-corrected chi connectivity index (χ3v) is 6.83. The molecule has 0 aliphatic heterocycles. The molecule has 0 spiro atoms. The fraction of sp³-hybridized carbons (Fsp3) is 0. The molecule has 0 atom stereocenters. The van der Waals surface area contributed by atoms with Crippen molar-refractivity contribution in [3.8, 4) is 34.5 Å². The first kappa shape index (κ1) is 22.9. The highest BCUT2D eigenvalue weighted by Crippen LogP contribution is 2.42. The fourth-order valence-electron chi connectivity index (χ4n) is 4.93. The molecule has 0 saturated heterocycles. The Morgan fingerprint density at radius 2 is 0.692 bits per heavy atom. The average molecular weight is 505 g/mol. The van der Waals surface area contributed by atoms with Crippen LogP contribution in [0.1, 0.15) is 0 Å². The molecule has 7 rings (SSSR count). The Morgan fingerprint density at radius 1 is 0.282 bits per heavy atom. The maximum absolute atomic E-state index is 6.57. The zero-order valence-corrected chi connectivity index (χ0v) is 21.1. The third-order valence-electron chi connectivity index (χ3n) is 6.83. The van der Waals surface area contributed by atoms with E-state index in [0.717, 1.165) is 49.6 Å². The van der Waals surface area contributed by atoms with E-state index in [1.54, 1.807) is 0 Å². The van der Waals surface area contributed by atoms with Crippen molar-refractivity contribution in [2.75, 3.05) is 0 Å². The van der Waals surface area contributed by atoms with Gasteiger partial charge in [0.15, 0.2) is 11.5 Å². The molecule has 3 heteroatoms. The van der Waals surface area contributed by atoms with Gasteiger partial charge in [0.1, 0.15) is 23.0 Å². The summed E-state index contributed by atoms with van der Waals surface area (Å²) in [7, 11) is 0. The Kier molecular flexibility index (Phi) is 5.80. The van der Waals surface area contributed by atoms with Crippen molar-refractivity contribution in [1.82, 2.24) is 0 Å². The van der Waals surface area contributed by atoms with Crippen LogP contribution in [-0.4, -0.2) is 0 Å². The Labute approximate surface area is 226 Å². The summed E-state index contributed by atoms with van der Waals surface area (Å²) < 4.78 is 19.5. The number of hydrogen-bond acceptors (Lipinski definition) is 3. The van der Waals surface area contributed by atoms with Gasteiger partial charge in [-0.05, 0) is 46.5 Å². The van der Waals surface area contributed by atoms with Crippen LogP contribution in [0.3, 0.4) is 0 Å². The minimum Gasteiger partial charge on any atom is -0.457 e. The molecular formula is C36H24O3. The summed E-state index contributed by atoms with van der Waals surface area (Å²) in [4.78, 5) is 0. The van der Waals surface area contributed by atoms with Crippen LogP contribution in [0.25, 0.3) is 32.3 Å². The predicted octanol–water partition coefficient (Wildman–Crippen LogP) is 10.5. The zero-order valence-electron chi connectivity index (χ0n) is 21.1. The van der Waals surface area contributed by atoms with E-state index in [-0.39, 0.29) is 0 Å². The molecule has 186 valence electrons. The Hall–Kier alpha value is -5.28. The second-order valence-electron chi connectivity index (χ2n) is 9.35. The van der Waals surface area contributed by atoms with E-state index in [9.17, 15) is 0 Å². The first-order valence-electron chi connectivity index (χ1n) is 12.9. The van der Waals surface area contributed by atoms with Gasteiger partial charge in [-0.2, -0.15) is 0 Å². The fourth-order valence-corrected chi connectivity index (χ4v) is 4.93. The van der Waals surface area contributed by atoms with Gasteiger partial charge < -0.3 is 14.2 Å². The zero-order chi connectivity index (χ0) is 26.0. The normalized spacial score (nSPS) is 11.1. The average Bonchev–Trinajstić information content (AvgIpc) is 2.99. The van der Waals surface area contributed by atoms with E-state index >= 15 is 0 Å². The van der Waals surface area contributed by atoms with E-state index in [0.29, 0.717) is 17.2 Å². The van der Waals surface area contributed by atoms with Crippen molar-refractivity contribution >= 4 is 32.3 Å². The molecule has 0 saturated carbocycles. The molecule has 0 N–H and O–H groups in total. The summed E-state index contributed by atoms with van der Waals surface area (Å²) in [6.07, 6.45) is 0. The molecule has 0 aliphatic rings. The molecule has 3 nitrogen and oxygen atoms in total. The van der Waals surface area contributed by atoms with Gasteiger partial charge in [-0.1, -0.05) is 109 Å². The Balaban J connectivity index is 1.32. The van der Waals surface area contributed by atoms with E-state index in [1.807, 2.05) is 91.0 Å². The summed E-state index contributed by atoms with van der Waals surface area (Å²) in [5, 5.41) is 6.45. The molecule has 39 heavy (non-hydrogen) atoms. The molecule has 0 aromatic heterocycles. The van der Waals surface area contributed by atoms with Crippen LogP contribution in [0.2, 0.25) is 0 Å². The largest absolute Gasteiger partial charge is 0.457 e. The third kappa shape index (κ3) is 4.51. The quantitative estimate of drug-likeness (QED) is 0.225. The second kappa shape index (κ2) is 9.88. The van der Waals surface area contributed by atoms with Crippen molar-refractivity contribution in [3.63, 3.8) is 0 Å². The predicted molar refractivity (Wildman–Crippen MR) is 159 cm³/mol. The van der Waals surface area contributed by atoms with Gasteiger partial charge in [-0.3, -0.25) is 0 Å². The first-order chi connectivity index (χ1) is 19.3. The van der Waals surface area contributed by atoms with E-state index in [4.69, 9.17) is 14.2 Å². The van der Waals surface area contributed by atoms with Gasteiger partial charge in [0.05, 0.1) is 0 Å². The van der Waals surface area contributed by atoms with Crippen molar-refractivity contribution in [2.45, 2.75) is 0 Å². The standard InChI is InChI=1S/C36H24O3/c1-4-16-29-25(10-1)13-7-19-32(29)37-28-22-23-35(38-33-20-8-14-26-11-2-5-17-30(26)33)36(24-28)39-34-21-9-15-27-12-3-6-18-31(27)34/h1-24H. The van der Waals surface area contributed by atoms with Gasteiger partial charge in [0.25, 0.3) is 0 Å². The van der Waals surface area contributed by atoms with Crippen molar-refractivity contribution in [2.24, 2.45) is 0 Å². The van der Waals surface area contributed by atoms with Crippen molar-refractivity contribution < 1.29 is 14.2 Å². The lowest BCUT2D eigenvalue weighted by atomic mass is 10.1. The van der Waals surface area contributed by atoms with E-state index < -0.39 is 0 Å². The van der Waals surface area contributed by atoms with E-state index in [1.165, 1.54) is 0 Å². The van der Waals surface area contributed by atoms with Crippen molar-refractivity contribution in [1.29, 1.82) is 0 Å². The van der Waals surface area contributed by atoms with Gasteiger partial charge in [0, 0.05) is 22.2 Å². The molecule has 0 unspecified atom stereocenters. The van der Waals surface area contributed by atoms with E-state index in [2.05, 4.69) is 54.6 Å². The van der Waals surface area contributed by atoms with Crippen LogP contribution in [0.4, 0.5) is 0 Å². The highest BCUT2D eigenvalue weighted by atomic mass is 16.5. The van der Waals surface area contributed by atoms with Gasteiger partial charge in [-0.25, -0.2) is 0 Å². The molecule has 7 aromatic carbocycles. The van der Waals surface area contributed by atoms with Crippen LogP contribution in [0, 0.1) is 0 Å². The summed E-state index contributed by atoms with van der Waals surface area (Å²) >= 11 is 0. The minimum atomic E-state index is 0.567. The summed E-state index contributed by atoms with van der Waals surface area (Å²) in [6.45, 7) is 0. The number of fused-ring (bicyclic) bond motifs is 3. The molecule has 0 aliphatic carbocycles. The van der Waals surface area contributed by atoms with Crippen molar-refractivity contribution in [3.05, 3.63) is 146 Å². The van der Waals surface area contributed by atoms with Crippen LogP contribution in [-0.2, 0) is 0 Å². The first-order valence-corrected chi connectivity index (χ1v) is 12.9. The van der Waals surface area contributed by atoms with Gasteiger partial charge >= 0.3 is 0 Å². The monoisotopic (exact) mass is 504 g/mol. The number of benzene rings is 7. The summed E-state index contributed by atoms with van der Waals surface area (Å²) in [6, 6.07) is 48.5. The Bertz CT molecular complexity index is 1940. The lowest BCUT2D eigenvalue weighted by molar-refractivity contribution is 0.417. The molecule has 0 radical (unpaired) electrons. The maximum Gasteiger partial charge on any atom is 0.173 e. The molecule has 7 aromatic rings. The minimum absolute atomic E-state index is 0.567. The summed E-state index contributed by atoms with van der Waals surface area (Å²) in [5.41, 5.74) is 0. The van der Waals surface area contributed by atoms with Gasteiger partial charge in [0.2, 0.25) is 0 Å². The Morgan fingerprint density at radius 3 is 1.21 bits per heavy atom. The summed E-state index contributed by atoms with van der Waals surface area (Å²) in [5.74, 6) is 4.12. The second-order valence-corrected chi connectivity index (χ2v) is 9.35. The van der Waals surface area contributed by atoms with Crippen LogP contribution in [0.5, 0.6) is 34.5 Å². The van der Waals surface area contributed by atoms with Crippen LogP contribution >= 0.6 is 0 Å². The number of ether oxygens (including phenoxy) is 3.